The standard InChI is InChI=1S/C13H10N4O2/c1-8(18)11-6-10(15)2-3-12(11)19-13-9(7-14)4-5-16-17-13/h2-6H,15H2,1H3. The molecule has 0 saturated heterocycles. The Morgan fingerprint density at radius 2 is 2.21 bits per heavy atom. The number of nitriles is 1. The van der Waals surface area contributed by atoms with E-state index in [1.54, 1.807) is 12.1 Å². The number of ketones is 1. The predicted octanol–water partition coefficient (Wildman–Crippen LogP) is 1.93. The number of hydrogen-bond donors (Lipinski definition) is 1. The van der Waals surface area contributed by atoms with E-state index in [9.17, 15) is 4.79 Å². The fraction of sp³-hybridized carbons (Fsp3) is 0.0769. The lowest BCUT2D eigenvalue weighted by Crippen LogP contribution is -2.01. The zero-order chi connectivity index (χ0) is 13.8. The SMILES string of the molecule is CC(=O)c1cc(N)ccc1Oc1nnccc1C#N. The van der Waals surface area contributed by atoms with Crippen molar-refractivity contribution in [3.63, 3.8) is 0 Å². The highest BCUT2D eigenvalue weighted by Crippen LogP contribution is 2.27. The molecule has 1 aromatic carbocycles. The van der Waals surface area contributed by atoms with Gasteiger partial charge in [-0.05, 0) is 31.2 Å². The summed E-state index contributed by atoms with van der Waals surface area (Å²) < 4.78 is 5.48. The monoisotopic (exact) mass is 254 g/mol. The normalized spacial score (nSPS) is 9.68. The molecule has 0 aliphatic rings. The molecule has 0 aliphatic heterocycles. The first-order valence-corrected chi connectivity index (χ1v) is 5.42. The van der Waals surface area contributed by atoms with E-state index in [2.05, 4.69) is 10.2 Å². The topological polar surface area (TPSA) is 102 Å². The number of carbonyl (C=O) groups excluding carboxylic acids is 1. The molecule has 0 radical (unpaired) electrons. The third-order valence-electron chi connectivity index (χ3n) is 2.40. The van der Waals surface area contributed by atoms with Crippen LogP contribution in [0, 0.1) is 11.3 Å². The zero-order valence-electron chi connectivity index (χ0n) is 10.1. The van der Waals surface area contributed by atoms with Crippen LogP contribution in [0.15, 0.2) is 30.5 Å². The van der Waals surface area contributed by atoms with Gasteiger partial charge in [0.15, 0.2) is 5.78 Å². The van der Waals surface area contributed by atoms with E-state index in [1.807, 2.05) is 6.07 Å². The zero-order valence-corrected chi connectivity index (χ0v) is 10.1. The van der Waals surface area contributed by atoms with Gasteiger partial charge in [-0.1, -0.05) is 0 Å². The average Bonchev–Trinajstić information content (AvgIpc) is 2.41. The van der Waals surface area contributed by atoms with E-state index < -0.39 is 0 Å². The first-order valence-electron chi connectivity index (χ1n) is 5.42. The minimum Gasteiger partial charge on any atom is -0.436 e. The molecular formula is C13H10N4O2. The van der Waals surface area contributed by atoms with Gasteiger partial charge in [0.05, 0.1) is 11.8 Å². The molecule has 2 rings (SSSR count). The van der Waals surface area contributed by atoms with Crippen LogP contribution in [-0.4, -0.2) is 16.0 Å². The highest BCUT2D eigenvalue weighted by atomic mass is 16.5. The summed E-state index contributed by atoms with van der Waals surface area (Å²) in [4.78, 5) is 11.5. The van der Waals surface area contributed by atoms with Crippen molar-refractivity contribution in [2.24, 2.45) is 0 Å². The van der Waals surface area contributed by atoms with Crippen molar-refractivity contribution in [1.29, 1.82) is 5.26 Å². The van der Waals surface area contributed by atoms with Gasteiger partial charge in [0.1, 0.15) is 17.4 Å². The summed E-state index contributed by atoms with van der Waals surface area (Å²) in [6, 6.07) is 8.09. The second kappa shape index (κ2) is 5.14. The lowest BCUT2D eigenvalue weighted by molar-refractivity contribution is 0.101. The van der Waals surface area contributed by atoms with Gasteiger partial charge in [0, 0.05) is 5.69 Å². The van der Waals surface area contributed by atoms with Crippen LogP contribution in [0.2, 0.25) is 0 Å². The molecule has 0 aliphatic carbocycles. The molecule has 0 fully saturated rings. The maximum absolute atomic E-state index is 11.5. The van der Waals surface area contributed by atoms with Gasteiger partial charge < -0.3 is 10.5 Å². The van der Waals surface area contributed by atoms with Gasteiger partial charge in [0.2, 0.25) is 0 Å². The Labute approximate surface area is 109 Å². The number of benzene rings is 1. The van der Waals surface area contributed by atoms with Crippen LogP contribution < -0.4 is 10.5 Å². The predicted molar refractivity (Wildman–Crippen MR) is 67.7 cm³/mol. The number of anilines is 1. The van der Waals surface area contributed by atoms with Crippen molar-refractivity contribution in [2.75, 3.05) is 5.73 Å². The van der Waals surface area contributed by atoms with Crippen LogP contribution in [-0.2, 0) is 0 Å². The highest BCUT2D eigenvalue weighted by Gasteiger charge is 2.13. The van der Waals surface area contributed by atoms with Gasteiger partial charge in [0.25, 0.3) is 5.88 Å². The summed E-state index contributed by atoms with van der Waals surface area (Å²) in [6.07, 6.45) is 1.39. The fourth-order valence-corrected chi connectivity index (χ4v) is 1.50. The molecule has 0 saturated carbocycles. The average molecular weight is 254 g/mol. The smallest absolute Gasteiger partial charge is 0.256 e. The van der Waals surface area contributed by atoms with Gasteiger partial charge in [-0.15, -0.1) is 5.10 Å². The second-order valence-electron chi connectivity index (χ2n) is 3.78. The summed E-state index contributed by atoms with van der Waals surface area (Å²) in [5.41, 5.74) is 6.65. The number of nitrogens with two attached hydrogens (primary N) is 1. The minimum atomic E-state index is -0.190. The van der Waals surface area contributed by atoms with E-state index in [0.29, 0.717) is 17.0 Å². The molecule has 0 atom stereocenters. The van der Waals surface area contributed by atoms with E-state index in [4.69, 9.17) is 15.7 Å². The van der Waals surface area contributed by atoms with E-state index >= 15 is 0 Å². The van der Waals surface area contributed by atoms with Crippen molar-refractivity contribution in [1.82, 2.24) is 10.2 Å². The van der Waals surface area contributed by atoms with Crippen molar-refractivity contribution in [3.05, 3.63) is 41.6 Å². The molecule has 6 nitrogen and oxygen atoms in total. The largest absolute Gasteiger partial charge is 0.436 e. The fourth-order valence-electron chi connectivity index (χ4n) is 1.50. The molecule has 2 N–H and O–H groups in total. The Balaban J connectivity index is 2.44. The maximum atomic E-state index is 11.5. The summed E-state index contributed by atoms with van der Waals surface area (Å²) in [7, 11) is 0. The number of aromatic nitrogens is 2. The molecule has 94 valence electrons. The number of carbonyl (C=O) groups is 1. The van der Waals surface area contributed by atoms with Crippen LogP contribution in [0.3, 0.4) is 0 Å². The molecule has 1 aromatic heterocycles. The molecule has 6 heteroatoms. The molecular weight excluding hydrogens is 244 g/mol. The Morgan fingerprint density at radius 1 is 1.42 bits per heavy atom. The Kier molecular flexibility index (Phi) is 3.39. The van der Waals surface area contributed by atoms with Crippen molar-refractivity contribution < 1.29 is 9.53 Å². The quantitative estimate of drug-likeness (QED) is 0.663. The molecule has 0 amide bonds. The van der Waals surface area contributed by atoms with Crippen LogP contribution in [0.5, 0.6) is 11.6 Å². The van der Waals surface area contributed by atoms with Crippen LogP contribution in [0.1, 0.15) is 22.8 Å². The molecule has 0 unspecified atom stereocenters. The number of nitrogen functional groups attached to an aromatic ring is 1. The van der Waals surface area contributed by atoms with E-state index in [-0.39, 0.29) is 17.2 Å². The van der Waals surface area contributed by atoms with Gasteiger partial charge in [-0.2, -0.15) is 10.4 Å². The van der Waals surface area contributed by atoms with Crippen LogP contribution in [0.4, 0.5) is 5.69 Å². The number of nitrogens with zero attached hydrogens (tertiary/aromatic N) is 3. The molecule has 1 heterocycles. The summed E-state index contributed by atoms with van der Waals surface area (Å²) in [5.74, 6) is 0.153. The summed E-state index contributed by atoms with van der Waals surface area (Å²) >= 11 is 0. The van der Waals surface area contributed by atoms with Crippen molar-refractivity contribution in [2.45, 2.75) is 6.92 Å². The van der Waals surface area contributed by atoms with Crippen LogP contribution in [0.25, 0.3) is 0 Å². The molecule has 2 aromatic rings. The van der Waals surface area contributed by atoms with Gasteiger partial charge in [-0.25, -0.2) is 0 Å². The first kappa shape index (κ1) is 12.5. The Morgan fingerprint density at radius 3 is 2.89 bits per heavy atom. The van der Waals surface area contributed by atoms with Crippen LogP contribution >= 0.6 is 0 Å². The number of Topliss-reactive ketones (excluding diaryl/α,β-unsaturated/α-hetero) is 1. The molecule has 19 heavy (non-hydrogen) atoms. The first-order chi connectivity index (χ1) is 9.11. The third-order valence-corrected chi connectivity index (χ3v) is 2.40. The number of hydrogen-bond acceptors (Lipinski definition) is 6. The van der Waals surface area contributed by atoms with Crippen molar-refractivity contribution in [3.8, 4) is 17.7 Å². The highest BCUT2D eigenvalue weighted by molar-refractivity contribution is 5.97. The van der Waals surface area contributed by atoms with Crippen molar-refractivity contribution >= 4 is 11.5 Å². The molecule has 0 bridgehead atoms. The second-order valence-corrected chi connectivity index (χ2v) is 3.78. The number of ether oxygens (including phenoxy) is 1. The van der Waals surface area contributed by atoms with Gasteiger partial charge in [-0.3, -0.25) is 4.79 Å². The summed E-state index contributed by atoms with van der Waals surface area (Å²) in [5, 5.41) is 16.3. The third kappa shape index (κ3) is 2.66. The van der Waals surface area contributed by atoms with E-state index in [0.717, 1.165) is 0 Å². The summed E-state index contributed by atoms with van der Waals surface area (Å²) in [6.45, 7) is 1.41. The minimum absolute atomic E-state index is 0.0530. The molecule has 0 spiro atoms. The Bertz CT molecular complexity index is 677. The maximum Gasteiger partial charge on any atom is 0.256 e. The van der Waals surface area contributed by atoms with Gasteiger partial charge >= 0.3 is 0 Å². The number of rotatable bonds is 3. The lowest BCUT2D eigenvalue weighted by atomic mass is 10.1. The van der Waals surface area contributed by atoms with E-state index in [1.165, 1.54) is 25.3 Å². The lowest BCUT2D eigenvalue weighted by Gasteiger charge is -2.09. The Hall–Kier alpha value is -2.94.